The molecule has 6 heteroatoms. The molecular formula is C13H16N4O2. The molecule has 1 aromatic carbocycles. The molecule has 0 unspecified atom stereocenters. The van der Waals surface area contributed by atoms with Crippen molar-refractivity contribution in [1.82, 2.24) is 15.0 Å². The van der Waals surface area contributed by atoms with Gasteiger partial charge in [0.1, 0.15) is 0 Å². The van der Waals surface area contributed by atoms with Gasteiger partial charge in [-0.2, -0.15) is 9.97 Å². The van der Waals surface area contributed by atoms with Crippen molar-refractivity contribution in [1.29, 1.82) is 0 Å². The van der Waals surface area contributed by atoms with Crippen LogP contribution in [-0.2, 0) is 6.42 Å². The smallest absolute Gasteiger partial charge is 0.324 e. The van der Waals surface area contributed by atoms with E-state index in [-0.39, 0.29) is 18.0 Å². The largest absolute Gasteiger partial charge is 0.467 e. The number of anilines is 1. The summed E-state index contributed by atoms with van der Waals surface area (Å²) in [6, 6.07) is 10.6. The molecule has 0 aliphatic carbocycles. The Labute approximate surface area is 111 Å². The van der Waals surface area contributed by atoms with E-state index in [0.717, 1.165) is 12.8 Å². The van der Waals surface area contributed by atoms with Gasteiger partial charge >= 0.3 is 12.0 Å². The summed E-state index contributed by atoms with van der Waals surface area (Å²) >= 11 is 0. The maximum Gasteiger partial charge on any atom is 0.324 e. The summed E-state index contributed by atoms with van der Waals surface area (Å²) < 4.78 is 10.3. The minimum atomic E-state index is 0.0879. The molecule has 0 atom stereocenters. The molecule has 0 radical (unpaired) electrons. The molecule has 1 aromatic heterocycles. The molecule has 0 saturated heterocycles. The number of benzene rings is 1. The van der Waals surface area contributed by atoms with Crippen molar-refractivity contribution < 1.29 is 9.47 Å². The van der Waals surface area contributed by atoms with Gasteiger partial charge in [0.25, 0.3) is 0 Å². The van der Waals surface area contributed by atoms with E-state index in [0.29, 0.717) is 6.61 Å². The van der Waals surface area contributed by atoms with E-state index in [9.17, 15) is 0 Å². The third kappa shape index (κ3) is 4.09. The summed E-state index contributed by atoms with van der Waals surface area (Å²) in [5.74, 6) is 0.0879. The van der Waals surface area contributed by atoms with E-state index in [1.54, 1.807) is 0 Å². The van der Waals surface area contributed by atoms with E-state index in [1.165, 1.54) is 12.7 Å². The zero-order chi connectivity index (χ0) is 13.5. The van der Waals surface area contributed by atoms with Crippen LogP contribution in [0.25, 0.3) is 0 Å². The molecule has 100 valence electrons. The lowest BCUT2D eigenvalue weighted by Crippen LogP contribution is -2.07. The van der Waals surface area contributed by atoms with Crippen LogP contribution in [0.15, 0.2) is 30.3 Å². The van der Waals surface area contributed by atoms with Crippen LogP contribution >= 0.6 is 0 Å². The monoisotopic (exact) mass is 260 g/mol. The molecule has 0 spiro atoms. The summed E-state index contributed by atoms with van der Waals surface area (Å²) in [7, 11) is 1.47. The molecule has 0 amide bonds. The molecular weight excluding hydrogens is 244 g/mol. The summed E-state index contributed by atoms with van der Waals surface area (Å²) in [6.45, 7) is 0.515. The number of methoxy groups -OCH3 is 1. The number of nitrogens with zero attached hydrogens (tertiary/aromatic N) is 3. The number of hydrogen-bond donors (Lipinski definition) is 1. The molecule has 0 aliphatic rings. The summed E-state index contributed by atoms with van der Waals surface area (Å²) in [5.41, 5.74) is 6.78. The highest BCUT2D eigenvalue weighted by molar-refractivity contribution is 5.20. The van der Waals surface area contributed by atoms with Crippen LogP contribution in [0.2, 0.25) is 0 Å². The minimum Gasteiger partial charge on any atom is -0.467 e. The second-order valence-corrected chi connectivity index (χ2v) is 3.90. The lowest BCUT2D eigenvalue weighted by Gasteiger charge is -2.06. The molecule has 1 heterocycles. The van der Waals surface area contributed by atoms with E-state index in [4.69, 9.17) is 15.2 Å². The molecule has 2 aromatic rings. The van der Waals surface area contributed by atoms with Gasteiger partial charge in [-0.25, -0.2) is 0 Å². The van der Waals surface area contributed by atoms with Crippen molar-refractivity contribution in [3.8, 4) is 12.0 Å². The van der Waals surface area contributed by atoms with Gasteiger partial charge in [-0.05, 0) is 18.4 Å². The highest BCUT2D eigenvalue weighted by Gasteiger charge is 2.05. The molecule has 0 aliphatic heterocycles. The lowest BCUT2D eigenvalue weighted by molar-refractivity contribution is 0.277. The van der Waals surface area contributed by atoms with Crippen molar-refractivity contribution in [2.24, 2.45) is 0 Å². The number of nitrogens with two attached hydrogens (primary N) is 1. The van der Waals surface area contributed by atoms with Crippen LogP contribution in [0.1, 0.15) is 12.0 Å². The first-order valence-corrected chi connectivity index (χ1v) is 6.00. The molecule has 2 rings (SSSR count). The first-order chi connectivity index (χ1) is 9.28. The third-order valence-electron chi connectivity index (χ3n) is 2.48. The quantitative estimate of drug-likeness (QED) is 0.792. The first-order valence-electron chi connectivity index (χ1n) is 6.00. The van der Waals surface area contributed by atoms with Crippen molar-refractivity contribution in [3.05, 3.63) is 35.9 Å². The molecule has 0 saturated carbocycles. The number of rotatable bonds is 6. The summed E-state index contributed by atoms with van der Waals surface area (Å²) in [6.07, 6.45) is 1.82. The van der Waals surface area contributed by atoms with Gasteiger partial charge in [-0.3, -0.25) is 0 Å². The Hall–Kier alpha value is -2.37. The Morgan fingerprint density at radius 3 is 2.53 bits per heavy atom. The predicted molar refractivity (Wildman–Crippen MR) is 71.0 cm³/mol. The van der Waals surface area contributed by atoms with Gasteiger partial charge in [-0.15, -0.1) is 4.98 Å². The molecule has 6 nitrogen and oxygen atoms in total. The van der Waals surface area contributed by atoms with Crippen molar-refractivity contribution >= 4 is 5.95 Å². The van der Waals surface area contributed by atoms with Crippen LogP contribution in [0.3, 0.4) is 0 Å². The molecule has 0 fully saturated rings. The lowest BCUT2D eigenvalue weighted by atomic mass is 10.1. The van der Waals surface area contributed by atoms with Crippen molar-refractivity contribution in [3.63, 3.8) is 0 Å². The maximum absolute atomic E-state index is 5.51. The second-order valence-electron chi connectivity index (χ2n) is 3.90. The van der Waals surface area contributed by atoms with Gasteiger partial charge in [0, 0.05) is 0 Å². The fraction of sp³-hybridized carbons (Fsp3) is 0.308. The predicted octanol–water partition coefficient (Wildman–Crippen LogP) is 1.47. The average Bonchev–Trinajstić information content (AvgIpc) is 2.44. The van der Waals surface area contributed by atoms with E-state index in [1.807, 2.05) is 18.2 Å². The average molecular weight is 260 g/mol. The van der Waals surface area contributed by atoms with Gasteiger partial charge in [0.2, 0.25) is 5.95 Å². The zero-order valence-corrected chi connectivity index (χ0v) is 10.7. The number of hydrogen-bond acceptors (Lipinski definition) is 6. The van der Waals surface area contributed by atoms with Crippen LogP contribution in [0.4, 0.5) is 5.95 Å². The van der Waals surface area contributed by atoms with Gasteiger partial charge in [0.05, 0.1) is 13.7 Å². The van der Waals surface area contributed by atoms with Gasteiger partial charge < -0.3 is 15.2 Å². The second kappa shape index (κ2) is 6.53. The number of nitrogen functional groups attached to an aromatic ring is 1. The SMILES string of the molecule is COc1nc(N)nc(OCCCc2ccccc2)n1. The molecule has 19 heavy (non-hydrogen) atoms. The Morgan fingerprint density at radius 2 is 1.79 bits per heavy atom. The first kappa shape index (κ1) is 13.1. The fourth-order valence-corrected chi connectivity index (χ4v) is 1.59. The standard InChI is InChI=1S/C13H16N4O2/c1-18-12-15-11(14)16-13(17-12)19-9-5-8-10-6-3-2-4-7-10/h2-4,6-7H,5,8-9H2,1H3,(H2,14,15,16,17). The van der Waals surface area contributed by atoms with Crippen molar-refractivity contribution in [2.45, 2.75) is 12.8 Å². The van der Waals surface area contributed by atoms with Gasteiger partial charge in [-0.1, -0.05) is 30.3 Å². The van der Waals surface area contributed by atoms with Crippen LogP contribution < -0.4 is 15.2 Å². The Kier molecular flexibility index (Phi) is 4.49. The van der Waals surface area contributed by atoms with Crippen molar-refractivity contribution in [2.75, 3.05) is 19.5 Å². The number of aryl methyl sites for hydroxylation is 1. The Morgan fingerprint density at radius 1 is 1.05 bits per heavy atom. The number of aromatic nitrogens is 3. The van der Waals surface area contributed by atoms with Crippen LogP contribution in [0, 0.1) is 0 Å². The summed E-state index contributed by atoms with van der Waals surface area (Å²) in [4.78, 5) is 11.6. The Bertz CT molecular complexity index is 519. The highest BCUT2D eigenvalue weighted by atomic mass is 16.5. The highest BCUT2D eigenvalue weighted by Crippen LogP contribution is 2.10. The van der Waals surface area contributed by atoms with E-state index >= 15 is 0 Å². The fourth-order valence-electron chi connectivity index (χ4n) is 1.59. The third-order valence-corrected chi connectivity index (χ3v) is 2.48. The zero-order valence-electron chi connectivity index (χ0n) is 10.7. The minimum absolute atomic E-state index is 0.0879. The van der Waals surface area contributed by atoms with E-state index in [2.05, 4.69) is 27.1 Å². The van der Waals surface area contributed by atoms with Crippen LogP contribution in [0.5, 0.6) is 12.0 Å². The number of ether oxygens (including phenoxy) is 2. The van der Waals surface area contributed by atoms with E-state index < -0.39 is 0 Å². The topological polar surface area (TPSA) is 83.2 Å². The normalized spacial score (nSPS) is 10.2. The molecule has 0 bridgehead atoms. The van der Waals surface area contributed by atoms with Crippen LogP contribution in [-0.4, -0.2) is 28.7 Å². The molecule has 2 N–H and O–H groups in total. The summed E-state index contributed by atoms with van der Waals surface area (Å²) in [5, 5.41) is 0. The Balaban J connectivity index is 1.81. The van der Waals surface area contributed by atoms with Gasteiger partial charge in [0.15, 0.2) is 0 Å². The maximum atomic E-state index is 5.51.